The molecule has 2 rings (SSSR count). The number of ether oxygens (including phenoxy) is 2. The minimum atomic E-state index is -0.613. The third kappa shape index (κ3) is 5.91. The standard InChI is InChI=1S/C20H20FNO5/c1-3-26-19(24)14-10-15(20(25)27-4-2)12-17(11-14)22-18(23)9-13-5-7-16(21)8-6-13/h5-8,10-12H,3-4,9H2,1-2H3,(H,22,23). The van der Waals surface area contributed by atoms with Crippen LogP contribution in [-0.2, 0) is 20.7 Å². The van der Waals surface area contributed by atoms with Crippen molar-refractivity contribution in [2.45, 2.75) is 20.3 Å². The van der Waals surface area contributed by atoms with E-state index in [-0.39, 0.29) is 48.2 Å². The SMILES string of the molecule is CCOC(=O)c1cc(NC(=O)Cc2ccc(F)cc2)cc(C(=O)OCC)c1. The van der Waals surface area contributed by atoms with Crippen LogP contribution < -0.4 is 5.32 Å². The molecule has 0 saturated heterocycles. The zero-order valence-electron chi connectivity index (χ0n) is 15.1. The summed E-state index contributed by atoms with van der Waals surface area (Å²) in [6.45, 7) is 3.68. The predicted octanol–water partition coefficient (Wildman–Crippen LogP) is 3.36. The second kappa shape index (κ2) is 9.47. The van der Waals surface area contributed by atoms with Gasteiger partial charge in [-0.05, 0) is 49.7 Å². The highest BCUT2D eigenvalue weighted by molar-refractivity contribution is 5.99. The van der Waals surface area contributed by atoms with Crippen LogP contribution in [0.15, 0.2) is 42.5 Å². The van der Waals surface area contributed by atoms with Crippen molar-refractivity contribution < 1.29 is 28.2 Å². The van der Waals surface area contributed by atoms with Crippen LogP contribution >= 0.6 is 0 Å². The molecule has 6 nitrogen and oxygen atoms in total. The molecule has 1 N–H and O–H groups in total. The fourth-order valence-corrected chi connectivity index (χ4v) is 2.36. The Balaban J connectivity index is 2.22. The Hall–Kier alpha value is -3.22. The smallest absolute Gasteiger partial charge is 0.338 e. The highest BCUT2D eigenvalue weighted by Crippen LogP contribution is 2.18. The maximum absolute atomic E-state index is 12.9. The fraction of sp³-hybridized carbons (Fsp3) is 0.250. The summed E-state index contributed by atoms with van der Waals surface area (Å²) in [5, 5.41) is 2.63. The molecule has 0 aromatic heterocycles. The van der Waals surface area contributed by atoms with Gasteiger partial charge in [-0.15, -0.1) is 0 Å². The van der Waals surface area contributed by atoms with E-state index in [0.717, 1.165) is 0 Å². The average molecular weight is 373 g/mol. The zero-order chi connectivity index (χ0) is 19.8. The van der Waals surface area contributed by atoms with E-state index < -0.39 is 11.9 Å². The number of nitrogens with one attached hydrogen (secondary N) is 1. The minimum absolute atomic E-state index is 0.0126. The van der Waals surface area contributed by atoms with E-state index in [1.165, 1.54) is 42.5 Å². The van der Waals surface area contributed by atoms with Crippen LogP contribution in [0.25, 0.3) is 0 Å². The number of anilines is 1. The predicted molar refractivity (Wildman–Crippen MR) is 97.1 cm³/mol. The summed E-state index contributed by atoms with van der Waals surface area (Å²) in [4.78, 5) is 36.3. The van der Waals surface area contributed by atoms with E-state index in [0.29, 0.717) is 5.56 Å². The number of halogens is 1. The Kier molecular flexibility index (Phi) is 7.05. The van der Waals surface area contributed by atoms with E-state index in [2.05, 4.69) is 5.32 Å². The van der Waals surface area contributed by atoms with Crippen molar-refractivity contribution in [3.63, 3.8) is 0 Å². The Morgan fingerprint density at radius 1 is 0.889 bits per heavy atom. The van der Waals surface area contributed by atoms with Crippen LogP contribution in [0.5, 0.6) is 0 Å². The van der Waals surface area contributed by atoms with Gasteiger partial charge in [0.15, 0.2) is 0 Å². The van der Waals surface area contributed by atoms with Gasteiger partial charge in [0.2, 0.25) is 5.91 Å². The lowest BCUT2D eigenvalue weighted by molar-refractivity contribution is -0.115. The van der Waals surface area contributed by atoms with Crippen LogP contribution in [0.4, 0.5) is 10.1 Å². The number of benzene rings is 2. The first-order valence-corrected chi connectivity index (χ1v) is 8.46. The highest BCUT2D eigenvalue weighted by Gasteiger charge is 2.16. The van der Waals surface area contributed by atoms with Gasteiger partial charge in [-0.2, -0.15) is 0 Å². The molecule has 0 aliphatic heterocycles. The molecule has 0 spiro atoms. The normalized spacial score (nSPS) is 10.2. The molecule has 2 aromatic carbocycles. The van der Waals surface area contributed by atoms with Crippen molar-refractivity contribution in [2.75, 3.05) is 18.5 Å². The molecule has 0 saturated carbocycles. The monoisotopic (exact) mass is 373 g/mol. The second-order valence-electron chi connectivity index (χ2n) is 5.59. The minimum Gasteiger partial charge on any atom is -0.462 e. The van der Waals surface area contributed by atoms with Crippen molar-refractivity contribution in [1.82, 2.24) is 0 Å². The largest absolute Gasteiger partial charge is 0.462 e. The second-order valence-corrected chi connectivity index (χ2v) is 5.59. The number of hydrogen-bond donors (Lipinski definition) is 1. The van der Waals surface area contributed by atoms with Crippen molar-refractivity contribution in [1.29, 1.82) is 0 Å². The molecule has 142 valence electrons. The van der Waals surface area contributed by atoms with Crippen LogP contribution in [0.3, 0.4) is 0 Å². The van der Waals surface area contributed by atoms with Crippen molar-refractivity contribution in [3.8, 4) is 0 Å². The number of esters is 2. The van der Waals surface area contributed by atoms with Gasteiger partial charge < -0.3 is 14.8 Å². The van der Waals surface area contributed by atoms with Crippen LogP contribution in [-0.4, -0.2) is 31.1 Å². The third-order valence-corrected chi connectivity index (χ3v) is 3.52. The van der Waals surface area contributed by atoms with Gasteiger partial charge in [0.05, 0.1) is 30.8 Å². The molecule has 0 unspecified atom stereocenters. The van der Waals surface area contributed by atoms with Gasteiger partial charge in [0, 0.05) is 5.69 Å². The number of hydrogen-bond acceptors (Lipinski definition) is 5. The van der Waals surface area contributed by atoms with Crippen molar-refractivity contribution >= 4 is 23.5 Å². The quantitative estimate of drug-likeness (QED) is 0.753. The summed E-state index contributed by atoms with van der Waals surface area (Å²) in [5.41, 5.74) is 1.13. The van der Waals surface area contributed by atoms with Gasteiger partial charge >= 0.3 is 11.9 Å². The van der Waals surface area contributed by atoms with Gasteiger partial charge in [0.25, 0.3) is 0 Å². The first-order valence-electron chi connectivity index (χ1n) is 8.46. The molecule has 1 amide bonds. The molecular weight excluding hydrogens is 353 g/mol. The summed E-state index contributed by atoms with van der Waals surface area (Å²) in [6, 6.07) is 9.74. The lowest BCUT2D eigenvalue weighted by atomic mass is 10.1. The maximum atomic E-state index is 12.9. The Morgan fingerprint density at radius 3 is 1.89 bits per heavy atom. The molecule has 2 aromatic rings. The van der Waals surface area contributed by atoms with Gasteiger partial charge in [0.1, 0.15) is 5.82 Å². The summed E-state index contributed by atoms with van der Waals surface area (Å²) >= 11 is 0. The van der Waals surface area contributed by atoms with E-state index in [1.807, 2.05) is 0 Å². The number of carbonyl (C=O) groups excluding carboxylic acids is 3. The van der Waals surface area contributed by atoms with Gasteiger partial charge in [-0.25, -0.2) is 14.0 Å². The third-order valence-electron chi connectivity index (χ3n) is 3.52. The fourth-order valence-electron chi connectivity index (χ4n) is 2.36. The van der Waals surface area contributed by atoms with E-state index in [9.17, 15) is 18.8 Å². The molecule has 0 radical (unpaired) electrons. The molecule has 0 bridgehead atoms. The van der Waals surface area contributed by atoms with Gasteiger partial charge in [-0.1, -0.05) is 12.1 Å². The van der Waals surface area contributed by atoms with Crippen LogP contribution in [0, 0.1) is 5.82 Å². The zero-order valence-corrected chi connectivity index (χ0v) is 15.1. The Bertz CT molecular complexity index is 797. The Labute approximate surface area is 156 Å². The van der Waals surface area contributed by atoms with E-state index >= 15 is 0 Å². The van der Waals surface area contributed by atoms with E-state index in [1.54, 1.807) is 13.8 Å². The maximum Gasteiger partial charge on any atom is 0.338 e. The lowest BCUT2D eigenvalue weighted by Crippen LogP contribution is -2.16. The van der Waals surface area contributed by atoms with Crippen LogP contribution in [0.2, 0.25) is 0 Å². The molecule has 0 atom stereocenters. The summed E-state index contributed by atoms with van der Waals surface area (Å²) in [5.74, 6) is -1.99. The first kappa shape index (κ1) is 20.1. The molecule has 0 fully saturated rings. The Morgan fingerprint density at radius 2 is 1.41 bits per heavy atom. The summed E-state index contributed by atoms with van der Waals surface area (Å²) in [7, 11) is 0. The first-order chi connectivity index (χ1) is 12.9. The summed E-state index contributed by atoms with van der Waals surface area (Å²) in [6.07, 6.45) is 0.0126. The molecule has 27 heavy (non-hydrogen) atoms. The molecular formula is C20H20FNO5. The van der Waals surface area contributed by atoms with Crippen LogP contribution in [0.1, 0.15) is 40.1 Å². The highest BCUT2D eigenvalue weighted by atomic mass is 19.1. The topological polar surface area (TPSA) is 81.7 Å². The van der Waals surface area contributed by atoms with Crippen molar-refractivity contribution in [3.05, 3.63) is 65.0 Å². The number of amides is 1. The summed E-state index contributed by atoms with van der Waals surface area (Å²) < 4.78 is 22.8. The molecule has 7 heteroatoms. The van der Waals surface area contributed by atoms with Gasteiger partial charge in [-0.3, -0.25) is 4.79 Å². The lowest BCUT2D eigenvalue weighted by Gasteiger charge is -2.10. The molecule has 0 heterocycles. The number of rotatable bonds is 7. The molecule has 0 aliphatic rings. The average Bonchev–Trinajstić information content (AvgIpc) is 2.63. The molecule has 0 aliphatic carbocycles. The van der Waals surface area contributed by atoms with Crippen molar-refractivity contribution in [2.24, 2.45) is 0 Å². The number of carbonyl (C=O) groups is 3. The van der Waals surface area contributed by atoms with E-state index in [4.69, 9.17) is 9.47 Å².